The first-order valence-corrected chi connectivity index (χ1v) is 9.18. The average Bonchev–Trinajstić information content (AvgIpc) is 2.64. The normalized spacial score (nSPS) is 21.6. The van der Waals surface area contributed by atoms with E-state index in [4.69, 9.17) is 12.2 Å². The van der Waals surface area contributed by atoms with Gasteiger partial charge in [-0.05, 0) is 71.9 Å². The summed E-state index contributed by atoms with van der Waals surface area (Å²) >= 11 is 5.46. The molecular weight excluding hydrogens is 358 g/mol. The van der Waals surface area contributed by atoms with Crippen LogP contribution in [0.5, 0.6) is 11.5 Å². The topological polar surface area (TPSA) is 67.8 Å². The number of phenols is 2. The van der Waals surface area contributed by atoms with Crippen molar-refractivity contribution < 1.29 is 10.2 Å². The second-order valence-corrected chi connectivity index (χ2v) is 7.36. The highest BCUT2D eigenvalue weighted by molar-refractivity contribution is 7.80. The third-order valence-electron chi connectivity index (χ3n) is 4.85. The molecule has 1 atom stereocenters. The van der Waals surface area contributed by atoms with Crippen molar-refractivity contribution in [2.45, 2.75) is 6.04 Å². The highest BCUT2D eigenvalue weighted by Crippen LogP contribution is 2.34. The number of nitrogens with one attached hydrogen (secondary N) is 2. The molecule has 2 aliphatic rings. The fourth-order valence-electron chi connectivity index (χ4n) is 3.61. The van der Waals surface area contributed by atoms with E-state index in [2.05, 4.69) is 28.7 Å². The molecule has 0 saturated heterocycles. The Balaban J connectivity index is 1.78. The van der Waals surface area contributed by atoms with E-state index in [1.54, 1.807) is 24.3 Å². The number of rotatable bonds is 2. The van der Waals surface area contributed by atoms with Crippen LogP contribution in [-0.4, -0.2) is 40.4 Å². The van der Waals surface area contributed by atoms with Crippen LogP contribution in [0.15, 0.2) is 65.4 Å². The van der Waals surface area contributed by atoms with Crippen LogP contribution in [-0.2, 0) is 0 Å². The van der Waals surface area contributed by atoms with Gasteiger partial charge in [-0.15, -0.1) is 0 Å². The standard InChI is InChI=1S/C21H21N3O2S/c1-24-11-15(10-13-2-6-16(25)7-3-13)20-18(12-24)19(22-21(27)23-20)14-4-8-17(26)9-5-14/h2-10,19,25-26H,11-12H2,1H3,(H2,22,23,27)/b15-10+. The van der Waals surface area contributed by atoms with Crippen molar-refractivity contribution in [3.63, 3.8) is 0 Å². The van der Waals surface area contributed by atoms with E-state index in [9.17, 15) is 10.2 Å². The van der Waals surface area contributed by atoms with Gasteiger partial charge in [0.2, 0.25) is 0 Å². The molecule has 4 rings (SSSR count). The number of hydrogen-bond donors (Lipinski definition) is 4. The molecule has 138 valence electrons. The van der Waals surface area contributed by atoms with Crippen LogP contribution in [0.25, 0.3) is 6.08 Å². The van der Waals surface area contributed by atoms with Gasteiger partial charge in [0.15, 0.2) is 5.11 Å². The summed E-state index contributed by atoms with van der Waals surface area (Å²) in [4.78, 5) is 2.26. The highest BCUT2D eigenvalue weighted by Gasteiger charge is 2.32. The summed E-state index contributed by atoms with van der Waals surface area (Å²) in [5, 5.41) is 26.4. The zero-order valence-electron chi connectivity index (χ0n) is 14.9. The Kier molecular flexibility index (Phi) is 4.59. The van der Waals surface area contributed by atoms with Gasteiger partial charge < -0.3 is 20.8 Å². The van der Waals surface area contributed by atoms with Crippen LogP contribution in [0.1, 0.15) is 17.2 Å². The number of thiocarbonyl (C=S) groups is 1. The average molecular weight is 379 g/mol. The molecular formula is C21H21N3O2S. The predicted molar refractivity (Wildman–Crippen MR) is 110 cm³/mol. The number of aromatic hydroxyl groups is 2. The maximum absolute atomic E-state index is 9.60. The number of nitrogens with zero attached hydrogens (tertiary/aromatic N) is 1. The van der Waals surface area contributed by atoms with Crippen molar-refractivity contribution in [2.75, 3.05) is 20.1 Å². The lowest BCUT2D eigenvalue weighted by Gasteiger charge is -2.39. The minimum atomic E-state index is -0.0414. The van der Waals surface area contributed by atoms with Gasteiger partial charge in [0.25, 0.3) is 0 Å². The largest absolute Gasteiger partial charge is 0.508 e. The van der Waals surface area contributed by atoms with Crippen molar-refractivity contribution in [1.29, 1.82) is 0 Å². The number of likely N-dealkylation sites (N-methyl/N-ethyl adjacent to an activating group) is 1. The molecule has 5 nitrogen and oxygen atoms in total. The molecule has 2 heterocycles. The van der Waals surface area contributed by atoms with Crippen molar-refractivity contribution in [2.24, 2.45) is 0 Å². The Hall–Kier alpha value is -2.83. The zero-order valence-corrected chi connectivity index (χ0v) is 15.8. The molecule has 0 aromatic heterocycles. The third-order valence-corrected chi connectivity index (χ3v) is 5.07. The molecule has 2 aliphatic heterocycles. The quantitative estimate of drug-likeness (QED) is 0.602. The summed E-state index contributed by atoms with van der Waals surface area (Å²) < 4.78 is 0. The minimum Gasteiger partial charge on any atom is -0.508 e. The zero-order chi connectivity index (χ0) is 19.0. The lowest BCUT2D eigenvalue weighted by molar-refractivity contribution is 0.364. The molecule has 1 unspecified atom stereocenters. The van der Waals surface area contributed by atoms with E-state index in [-0.39, 0.29) is 17.5 Å². The van der Waals surface area contributed by atoms with Crippen LogP contribution in [0.4, 0.5) is 0 Å². The Morgan fingerprint density at radius 3 is 2.30 bits per heavy atom. The molecule has 27 heavy (non-hydrogen) atoms. The van der Waals surface area contributed by atoms with E-state index < -0.39 is 0 Å². The fraction of sp³-hybridized carbons (Fsp3) is 0.190. The monoisotopic (exact) mass is 379 g/mol. The van der Waals surface area contributed by atoms with Gasteiger partial charge in [-0.25, -0.2) is 0 Å². The molecule has 0 saturated carbocycles. The first kappa shape index (κ1) is 17.6. The van der Waals surface area contributed by atoms with Crippen LogP contribution in [0.3, 0.4) is 0 Å². The first-order valence-electron chi connectivity index (χ1n) is 8.77. The maximum Gasteiger partial charge on any atom is 0.171 e. The van der Waals surface area contributed by atoms with E-state index in [0.29, 0.717) is 5.11 Å². The Morgan fingerprint density at radius 2 is 1.63 bits per heavy atom. The third kappa shape index (κ3) is 3.67. The summed E-state index contributed by atoms with van der Waals surface area (Å²) in [5.74, 6) is 0.504. The molecule has 0 fully saturated rings. The maximum atomic E-state index is 9.60. The minimum absolute atomic E-state index is 0.0414. The summed E-state index contributed by atoms with van der Waals surface area (Å²) in [6.07, 6.45) is 2.12. The summed E-state index contributed by atoms with van der Waals surface area (Å²) in [7, 11) is 2.09. The van der Waals surface area contributed by atoms with Crippen LogP contribution in [0, 0.1) is 0 Å². The molecule has 2 aromatic rings. The van der Waals surface area contributed by atoms with Gasteiger partial charge in [0.05, 0.1) is 6.04 Å². The van der Waals surface area contributed by atoms with Crippen LogP contribution >= 0.6 is 12.2 Å². The summed E-state index contributed by atoms with van der Waals surface area (Å²) in [6.45, 7) is 1.62. The molecule has 6 heteroatoms. The van der Waals surface area contributed by atoms with Gasteiger partial charge in [0.1, 0.15) is 11.5 Å². The van der Waals surface area contributed by atoms with Gasteiger partial charge in [-0.2, -0.15) is 0 Å². The van der Waals surface area contributed by atoms with Crippen LogP contribution < -0.4 is 10.6 Å². The van der Waals surface area contributed by atoms with E-state index in [0.717, 1.165) is 35.5 Å². The highest BCUT2D eigenvalue weighted by atomic mass is 32.1. The molecule has 0 spiro atoms. The molecule has 0 amide bonds. The van der Waals surface area contributed by atoms with Gasteiger partial charge in [0, 0.05) is 18.8 Å². The van der Waals surface area contributed by atoms with E-state index in [1.165, 1.54) is 5.57 Å². The fourth-order valence-corrected chi connectivity index (χ4v) is 3.83. The lowest BCUT2D eigenvalue weighted by atomic mass is 9.89. The first-order chi connectivity index (χ1) is 13.0. The van der Waals surface area contributed by atoms with E-state index in [1.807, 2.05) is 24.3 Å². The van der Waals surface area contributed by atoms with Crippen molar-refractivity contribution in [1.82, 2.24) is 15.5 Å². The number of hydrogen-bond acceptors (Lipinski definition) is 4. The lowest BCUT2D eigenvalue weighted by Crippen LogP contribution is -2.49. The van der Waals surface area contributed by atoms with Crippen molar-refractivity contribution in [3.8, 4) is 11.5 Å². The summed E-state index contributed by atoms with van der Waals surface area (Å²) in [5.41, 5.74) is 5.51. The molecule has 0 radical (unpaired) electrons. The van der Waals surface area contributed by atoms with Gasteiger partial charge >= 0.3 is 0 Å². The Bertz CT molecular complexity index is 933. The van der Waals surface area contributed by atoms with Crippen molar-refractivity contribution >= 4 is 23.4 Å². The van der Waals surface area contributed by atoms with Gasteiger partial charge in [-0.1, -0.05) is 24.3 Å². The van der Waals surface area contributed by atoms with E-state index >= 15 is 0 Å². The SMILES string of the molecule is CN1CC2=C(NC(=S)NC2c2ccc(O)cc2)/C(=C/c2ccc(O)cc2)C1. The van der Waals surface area contributed by atoms with Gasteiger partial charge in [-0.3, -0.25) is 4.90 Å². The predicted octanol–water partition coefficient (Wildman–Crippen LogP) is 2.90. The Labute approximate surface area is 163 Å². The second kappa shape index (κ2) is 7.06. The number of benzene rings is 2. The molecule has 0 bridgehead atoms. The second-order valence-electron chi connectivity index (χ2n) is 6.96. The van der Waals surface area contributed by atoms with Crippen molar-refractivity contribution in [3.05, 3.63) is 76.5 Å². The molecule has 4 N–H and O–H groups in total. The van der Waals surface area contributed by atoms with Crippen LogP contribution in [0.2, 0.25) is 0 Å². The number of phenolic OH excluding ortho intramolecular Hbond substituents is 2. The molecule has 2 aromatic carbocycles. The summed E-state index contributed by atoms with van der Waals surface area (Å²) in [6, 6.07) is 14.4. The smallest absolute Gasteiger partial charge is 0.171 e. The Morgan fingerprint density at radius 1 is 1.00 bits per heavy atom. The molecule has 0 aliphatic carbocycles.